The fourth-order valence-corrected chi connectivity index (χ4v) is 3.52. The standard InChI is InChI=1S/C23H40/c1-8-9-10-11-12-13-14-16-19-20(22(2,3)4)17-15-18-21(19)23(5,6)7/h15,17-18H,8-14,16H2,1-7H3. The Balaban J connectivity index is 2.78. The van der Waals surface area contributed by atoms with Crippen molar-refractivity contribution in [2.24, 2.45) is 0 Å². The minimum absolute atomic E-state index is 0.234. The third-order valence-corrected chi connectivity index (χ3v) is 4.82. The molecule has 1 rings (SSSR count). The maximum atomic E-state index is 2.35. The molecular weight excluding hydrogens is 276 g/mol. The normalized spacial score (nSPS) is 12.7. The Bertz CT molecular complexity index is 422. The molecule has 0 aliphatic rings. The summed E-state index contributed by atoms with van der Waals surface area (Å²) in [5, 5.41) is 0. The zero-order valence-corrected chi connectivity index (χ0v) is 16.9. The highest BCUT2D eigenvalue weighted by Crippen LogP contribution is 2.34. The molecule has 0 heteroatoms. The van der Waals surface area contributed by atoms with Crippen molar-refractivity contribution >= 4 is 0 Å². The Morgan fingerprint density at radius 3 is 1.52 bits per heavy atom. The van der Waals surface area contributed by atoms with Crippen molar-refractivity contribution in [3.8, 4) is 0 Å². The predicted octanol–water partition coefficient (Wildman–Crippen LogP) is 7.57. The molecule has 1 aromatic carbocycles. The molecule has 0 aromatic heterocycles. The van der Waals surface area contributed by atoms with Crippen molar-refractivity contribution in [3.63, 3.8) is 0 Å². The van der Waals surface area contributed by atoms with Crippen LogP contribution in [0.3, 0.4) is 0 Å². The summed E-state index contributed by atoms with van der Waals surface area (Å²) >= 11 is 0. The first-order valence-corrected chi connectivity index (χ1v) is 9.80. The van der Waals surface area contributed by atoms with E-state index < -0.39 is 0 Å². The molecule has 0 saturated carbocycles. The number of rotatable bonds is 8. The van der Waals surface area contributed by atoms with E-state index in [1.165, 1.54) is 51.4 Å². The molecule has 0 N–H and O–H groups in total. The maximum absolute atomic E-state index is 2.35. The van der Waals surface area contributed by atoms with E-state index >= 15 is 0 Å². The monoisotopic (exact) mass is 316 g/mol. The Kier molecular flexibility index (Phi) is 7.84. The van der Waals surface area contributed by atoms with Gasteiger partial charge in [0.05, 0.1) is 0 Å². The smallest absolute Gasteiger partial charge is 0.0129 e. The zero-order chi connectivity index (χ0) is 17.5. The van der Waals surface area contributed by atoms with Crippen LogP contribution in [0.15, 0.2) is 18.2 Å². The maximum Gasteiger partial charge on any atom is -0.0129 e. The Morgan fingerprint density at radius 2 is 1.09 bits per heavy atom. The summed E-state index contributed by atoms with van der Waals surface area (Å²) in [7, 11) is 0. The summed E-state index contributed by atoms with van der Waals surface area (Å²) in [4.78, 5) is 0. The van der Waals surface area contributed by atoms with Gasteiger partial charge < -0.3 is 0 Å². The molecule has 0 bridgehead atoms. The number of benzene rings is 1. The highest BCUT2D eigenvalue weighted by Gasteiger charge is 2.24. The van der Waals surface area contributed by atoms with E-state index in [-0.39, 0.29) is 10.8 Å². The van der Waals surface area contributed by atoms with Gasteiger partial charge in [0, 0.05) is 0 Å². The van der Waals surface area contributed by atoms with Crippen LogP contribution >= 0.6 is 0 Å². The first-order chi connectivity index (χ1) is 10.7. The van der Waals surface area contributed by atoms with Crippen LogP contribution in [-0.2, 0) is 17.3 Å². The van der Waals surface area contributed by atoms with Crippen LogP contribution in [0, 0.1) is 0 Å². The highest BCUT2D eigenvalue weighted by atomic mass is 14.3. The molecule has 0 saturated heterocycles. The van der Waals surface area contributed by atoms with E-state index in [0.29, 0.717) is 0 Å². The molecule has 0 amide bonds. The molecule has 23 heavy (non-hydrogen) atoms. The molecule has 0 unspecified atom stereocenters. The summed E-state index contributed by atoms with van der Waals surface area (Å²) < 4.78 is 0. The van der Waals surface area contributed by atoms with Crippen molar-refractivity contribution < 1.29 is 0 Å². The van der Waals surface area contributed by atoms with E-state index in [1.807, 2.05) is 0 Å². The van der Waals surface area contributed by atoms with Crippen LogP contribution in [0.1, 0.15) is 110 Å². The van der Waals surface area contributed by atoms with E-state index in [4.69, 9.17) is 0 Å². The molecule has 0 radical (unpaired) electrons. The van der Waals surface area contributed by atoms with Crippen LogP contribution in [0.5, 0.6) is 0 Å². The average Bonchev–Trinajstić information content (AvgIpc) is 2.44. The van der Waals surface area contributed by atoms with Gasteiger partial charge in [-0.1, -0.05) is 105 Å². The number of unbranched alkanes of at least 4 members (excludes halogenated alkanes) is 6. The fraction of sp³-hybridized carbons (Fsp3) is 0.739. The van der Waals surface area contributed by atoms with Gasteiger partial charge in [0.15, 0.2) is 0 Å². The van der Waals surface area contributed by atoms with Gasteiger partial charge in [-0.05, 0) is 40.4 Å². The quantitative estimate of drug-likeness (QED) is 0.434. The lowest BCUT2D eigenvalue weighted by Crippen LogP contribution is -2.21. The molecule has 0 aliphatic heterocycles. The van der Waals surface area contributed by atoms with Crippen molar-refractivity contribution in [3.05, 3.63) is 34.9 Å². The summed E-state index contributed by atoms with van der Waals surface area (Å²) in [6, 6.07) is 6.97. The molecule has 1 aromatic rings. The summed E-state index contributed by atoms with van der Waals surface area (Å²) in [5.41, 5.74) is 5.20. The highest BCUT2D eigenvalue weighted by molar-refractivity contribution is 5.42. The lowest BCUT2D eigenvalue weighted by molar-refractivity contribution is 0.543. The third kappa shape index (κ3) is 6.69. The minimum atomic E-state index is 0.234. The van der Waals surface area contributed by atoms with Crippen molar-refractivity contribution in [2.75, 3.05) is 0 Å². The molecule has 0 spiro atoms. The molecule has 0 nitrogen and oxygen atoms in total. The van der Waals surface area contributed by atoms with Crippen molar-refractivity contribution in [1.29, 1.82) is 0 Å². The molecule has 0 aliphatic carbocycles. The van der Waals surface area contributed by atoms with E-state index in [2.05, 4.69) is 66.7 Å². The van der Waals surface area contributed by atoms with E-state index in [0.717, 1.165) is 0 Å². The zero-order valence-electron chi connectivity index (χ0n) is 16.9. The van der Waals surface area contributed by atoms with Crippen LogP contribution in [0.2, 0.25) is 0 Å². The Labute approximate surface area is 146 Å². The van der Waals surface area contributed by atoms with Gasteiger partial charge in [-0.25, -0.2) is 0 Å². The lowest BCUT2D eigenvalue weighted by atomic mass is 9.75. The van der Waals surface area contributed by atoms with Gasteiger partial charge >= 0.3 is 0 Å². The topological polar surface area (TPSA) is 0 Å². The Morgan fingerprint density at radius 1 is 0.652 bits per heavy atom. The van der Waals surface area contributed by atoms with Crippen molar-refractivity contribution in [2.45, 2.75) is 111 Å². The van der Waals surface area contributed by atoms with Gasteiger partial charge in [-0.3, -0.25) is 0 Å². The predicted molar refractivity (Wildman–Crippen MR) is 106 cm³/mol. The van der Waals surface area contributed by atoms with Crippen molar-refractivity contribution in [1.82, 2.24) is 0 Å². The molecule has 132 valence electrons. The third-order valence-electron chi connectivity index (χ3n) is 4.82. The summed E-state index contributed by atoms with van der Waals surface area (Å²) in [6.45, 7) is 16.4. The Hall–Kier alpha value is -0.780. The molecule has 0 fully saturated rings. The van der Waals surface area contributed by atoms with Crippen LogP contribution in [-0.4, -0.2) is 0 Å². The van der Waals surface area contributed by atoms with Gasteiger partial charge in [0.1, 0.15) is 0 Å². The van der Waals surface area contributed by atoms with Gasteiger partial charge in [0.2, 0.25) is 0 Å². The fourth-order valence-electron chi connectivity index (χ4n) is 3.52. The largest absolute Gasteiger partial charge is 0.0654 e. The lowest BCUT2D eigenvalue weighted by Gasteiger charge is -2.30. The molecule has 0 atom stereocenters. The summed E-state index contributed by atoms with van der Waals surface area (Å²) in [5.74, 6) is 0. The van der Waals surface area contributed by atoms with Gasteiger partial charge in [-0.2, -0.15) is 0 Å². The van der Waals surface area contributed by atoms with Crippen LogP contribution in [0.25, 0.3) is 0 Å². The molecular formula is C23H40. The van der Waals surface area contributed by atoms with E-state index in [1.54, 1.807) is 16.7 Å². The van der Waals surface area contributed by atoms with Gasteiger partial charge in [-0.15, -0.1) is 0 Å². The first kappa shape index (κ1) is 20.3. The summed E-state index contributed by atoms with van der Waals surface area (Å²) in [6.07, 6.45) is 10.9. The second-order valence-corrected chi connectivity index (χ2v) is 9.20. The number of hydrogen-bond donors (Lipinski definition) is 0. The minimum Gasteiger partial charge on any atom is -0.0654 e. The van der Waals surface area contributed by atoms with Crippen LogP contribution in [0.4, 0.5) is 0 Å². The molecule has 0 heterocycles. The average molecular weight is 317 g/mol. The number of hydrogen-bond acceptors (Lipinski definition) is 0. The van der Waals surface area contributed by atoms with E-state index in [9.17, 15) is 0 Å². The second-order valence-electron chi connectivity index (χ2n) is 9.20. The van der Waals surface area contributed by atoms with Crippen LogP contribution < -0.4 is 0 Å². The van der Waals surface area contributed by atoms with Gasteiger partial charge in [0.25, 0.3) is 0 Å². The first-order valence-electron chi connectivity index (χ1n) is 9.80. The second kappa shape index (κ2) is 8.90. The SMILES string of the molecule is CCCCCCCCCc1c(C(C)(C)C)cccc1C(C)(C)C.